The molecule has 2 aromatic carbocycles. The number of hydrogen-bond donors (Lipinski definition) is 0. The Morgan fingerprint density at radius 2 is 1.64 bits per heavy atom. The van der Waals surface area contributed by atoms with E-state index in [4.69, 9.17) is 0 Å². The van der Waals surface area contributed by atoms with Gasteiger partial charge in [0, 0.05) is 13.1 Å². The van der Waals surface area contributed by atoms with Crippen LogP contribution in [0.4, 0.5) is 0 Å². The second kappa shape index (κ2) is 9.28. The molecule has 0 radical (unpaired) electrons. The van der Waals surface area contributed by atoms with Crippen molar-refractivity contribution in [2.45, 2.75) is 78.1 Å². The summed E-state index contributed by atoms with van der Waals surface area (Å²) < 4.78 is 0. The van der Waals surface area contributed by atoms with E-state index in [0.717, 1.165) is 44.2 Å². The summed E-state index contributed by atoms with van der Waals surface area (Å²) in [6.07, 6.45) is 7.03. The number of carbonyl (C=O) groups is 1. The fraction of sp³-hybridized carbons (Fsp3) is 0.581. The molecule has 0 N–H and O–H groups in total. The zero-order chi connectivity index (χ0) is 23.1. The maximum absolute atomic E-state index is 14.0. The number of amides is 1. The molecular formula is C31H41NO. The first kappa shape index (κ1) is 22.7. The van der Waals surface area contributed by atoms with Crippen LogP contribution in [0.2, 0.25) is 0 Å². The zero-order valence-electron chi connectivity index (χ0n) is 21.0. The molecule has 0 aromatic heterocycles. The van der Waals surface area contributed by atoms with Crippen LogP contribution >= 0.6 is 0 Å². The van der Waals surface area contributed by atoms with Gasteiger partial charge in [-0.25, -0.2) is 0 Å². The Morgan fingerprint density at radius 1 is 0.909 bits per heavy atom. The van der Waals surface area contributed by atoms with Crippen LogP contribution in [0.15, 0.2) is 42.5 Å². The highest BCUT2D eigenvalue weighted by atomic mass is 16.2. The highest BCUT2D eigenvalue weighted by molar-refractivity contribution is 5.85. The van der Waals surface area contributed by atoms with E-state index in [1.54, 1.807) is 11.1 Å². The van der Waals surface area contributed by atoms with Gasteiger partial charge < -0.3 is 4.90 Å². The van der Waals surface area contributed by atoms with Crippen molar-refractivity contribution in [3.63, 3.8) is 0 Å². The predicted octanol–water partition coefficient (Wildman–Crippen LogP) is 6.77. The van der Waals surface area contributed by atoms with Crippen LogP contribution in [0, 0.1) is 23.7 Å². The van der Waals surface area contributed by atoms with E-state index in [2.05, 4.69) is 75.1 Å². The SMILES string of the molecule is CC(C)C1CCc2c(ccc3c2CC(C)C(C)C3C(=O)N2CCC(c3ccccc3)CC2)C1. The number of piperidine rings is 1. The van der Waals surface area contributed by atoms with Gasteiger partial charge >= 0.3 is 0 Å². The normalized spacial score (nSPS) is 27.8. The molecule has 1 heterocycles. The summed E-state index contributed by atoms with van der Waals surface area (Å²) in [5, 5.41) is 0. The van der Waals surface area contributed by atoms with E-state index >= 15 is 0 Å². The monoisotopic (exact) mass is 443 g/mol. The van der Waals surface area contributed by atoms with E-state index in [1.807, 2.05) is 0 Å². The molecule has 1 amide bonds. The molecule has 1 aliphatic heterocycles. The third kappa shape index (κ3) is 4.27. The Labute approximate surface area is 200 Å². The van der Waals surface area contributed by atoms with Crippen LogP contribution in [0.1, 0.15) is 86.6 Å². The topological polar surface area (TPSA) is 20.3 Å². The highest BCUT2D eigenvalue weighted by Crippen LogP contribution is 2.45. The molecule has 0 spiro atoms. The fourth-order valence-corrected chi connectivity index (χ4v) is 6.91. The van der Waals surface area contributed by atoms with Crippen molar-refractivity contribution in [2.24, 2.45) is 23.7 Å². The van der Waals surface area contributed by atoms with Crippen molar-refractivity contribution >= 4 is 5.91 Å². The highest BCUT2D eigenvalue weighted by Gasteiger charge is 2.40. The average molecular weight is 444 g/mol. The second-order valence-electron chi connectivity index (χ2n) is 11.5. The van der Waals surface area contributed by atoms with Gasteiger partial charge in [0.1, 0.15) is 0 Å². The minimum absolute atomic E-state index is 0.0325. The van der Waals surface area contributed by atoms with Gasteiger partial charge in [0.25, 0.3) is 0 Å². The van der Waals surface area contributed by atoms with Crippen LogP contribution < -0.4 is 0 Å². The van der Waals surface area contributed by atoms with Crippen molar-refractivity contribution in [1.82, 2.24) is 4.90 Å². The van der Waals surface area contributed by atoms with Crippen molar-refractivity contribution in [3.8, 4) is 0 Å². The third-order valence-electron chi connectivity index (χ3n) is 9.38. The van der Waals surface area contributed by atoms with Crippen molar-refractivity contribution in [1.29, 1.82) is 0 Å². The molecular weight excluding hydrogens is 402 g/mol. The predicted molar refractivity (Wildman–Crippen MR) is 137 cm³/mol. The summed E-state index contributed by atoms with van der Waals surface area (Å²) >= 11 is 0. The van der Waals surface area contributed by atoms with E-state index in [0.29, 0.717) is 23.7 Å². The molecule has 2 nitrogen and oxygen atoms in total. The summed E-state index contributed by atoms with van der Waals surface area (Å²) in [5.74, 6) is 3.53. The fourth-order valence-electron chi connectivity index (χ4n) is 6.91. The first-order valence-corrected chi connectivity index (χ1v) is 13.4. The molecule has 176 valence electrons. The first-order chi connectivity index (χ1) is 15.9. The number of carbonyl (C=O) groups excluding carboxylic acids is 1. The smallest absolute Gasteiger partial charge is 0.230 e. The molecule has 4 unspecified atom stereocenters. The quantitative estimate of drug-likeness (QED) is 0.513. The third-order valence-corrected chi connectivity index (χ3v) is 9.38. The molecule has 5 rings (SSSR count). The van der Waals surface area contributed by atoms with Gasteiger partial charge in [0.2, 0.25) is 5.91 Å². The Kier molecular flexibility index (Phi) is 6.38. The lowest BCUT2D eigenvalue weighted by atomic mass is 9.66. The molecule has 33 heavy (non-hydrogen) atoms. The van der Waals surface area contributed by atoms with Crippen LogP contribution in [0.3, 0.4) is 0 Å². The second-order valence-corrected chi connectivity index (χ2v) is 11.5. The van der Waals surface area contributed by atoms with Gasteiger partial charge in [-0.2, -0.15) is 0 Å². The van der Waals surface area contributed by atoms with Crippen molar-refractivity contribution < 1.29 is 4.79 Å². The zero-order valence-corrected chi connectivity index (χ0v) is 21.0. The lowest BCUT2D eigenvalue weighted by Gasteiger charge is -2.42. The van der Waals surface area contributed by atoms with Crippen LogP contribution in [-0.4, -0.2) is 23.9 Å². The lowest BCUT2D eigenvalue weighted by Crippen LogP contribution is -2.44. The number of rotatable bonds is 3. The summed E-state index contributed by atoms with van der Waals surface area (Å²) in [5.41, 5.74) is 7.50. The Balaban J connectivity index is 1.37. The minimum Gasteiger partial charge on any atom is -0.342 e. The van der Waals surface area contributed by atoms with Gasteiger partial charge in [-0.05, 0) is 95.9 Å². The molecule has 2 aromatic rings. The molecule has 2 aliphatic carbocycles. The minimum atomic E-state index is 0.0325. The first-order valence-electron chi connectivity index (χ1n) is 13.4. The van der Waals surface area contributed by atoms with Crippen molar-refractivity contribution in [3.05, 3.63) is 70.3 Å². The number of fused-ring (bicyclic) bond motifs is 3. The average Bonchev–Trinajstić information content (AvgIpc) is 2.84. The van der Waals surface area contributed by atoms with Gasteiger partial charge in [-0.1, -0.05) is 70.2 Å². The van der Waals surface area contributed by atoms with Gasteiger partial charge in [-0.3, -0.25) is 4.79 Å². The lowest BCUT2D eigenvalue weighted by molar-refractivity contribution is -0.135. The Bertz CT molecular complexity index is 985. The molecule has 1 fully saturated rings. The van der Waals surface area contributed by atoms with Crippen LogP contribution in [0.25, 0.3) is 0 Å². The summed E-state index contributed by atoms with van der Waals surface area (Å²) in [4.78, 5) is 16.1. The maximum atomic E-state index is 14.0. The largest absolute Gasteiger partial charge is 0.342 e. The summed E-state index contributed by atoms with van der Waals surface area (Å²) in [6, 6.07) is 15.6. The number of hydrogen-bond acceptors (Lipinski definition) is 1. The van der Waals surface area contributed by atoms with E-state index in [9.17, 15) is 4.79 Å². The Morgan fingerprint density at radius 3 is 2.33 bits per heavy atom. The molecule has 0 saturated carbocycles. The standard InChI is InChI=1S/C31H41NO/c1-20(2)25-10-12-27-26(19-25)11-13-28-29(27)18-21(3)22(4)30(28)31(33)32-16-14-24(15-17-32)23-8-6-5-7-9-23/h5-9,11,13,20-22,24-25,30H,10,12,14-19H2,1-4H3. The van der Waals surface area contributed by atoms with Crippen LogP contribution in [0.5, 0.6) is 0 Å². The molecule has 1 saturated heterocycles. The van der Waals surface area contributed by atoms with Gasteiger partial charge in [-0.15, -0.1) is 0 Å². The summed E-state index contributed by atoms with van der Waals surface area (Å²) in [6.45, 7) is 11.2. The number of likely N-dealkylation sites (tertiary alicyclic amines) is 1. The number of nitrogens with zero attached hydrogens (tertiary/aromatic N) is 1. The molecule has 4 atom stereocenters. The van der Waals surface area contributed by atoms with Crippen LogP contribution in [-0.2, 0) is 24.1 Å². The summed E-state index contributed by atoms with van der Waals surface area (Å²) in [7, 11) is 0. The van der Waals surface area contributed by atoms with E-state index < -0.39 is 0 Å². The van der Waals surface area contributed by atoms with Crippen molar-refractivity contribution in [2.75, 3.05) is 13.1 Å². The molecule has 2 heteroatoms. The van der Waals surface area contributed by atoms with Gasteiger partial charge in [0.15, 0.2) is 0 Å². The maximum Gasteiger partial charge on any atom is 0.230 e. The molecule has 3 aliphatic rings. The van der Waals surface area contributed by atoms with E-state index in [-0.39, 0.29) is 5.92 Å². The number of benzene rings is 2. The Hall–Kier alpha value is -2.09. The molecule has 0 bridgehead atoms. The van der Waals surface area contributed by atoms with E-state index in [1.165, 1.54) is 36.0 Å². The van der Waals surface area contributed by atoms with Gasteiger partial charge in [0.05, 0.1) is 5.92 Å².